The Morgan fingerprint density at radius 3 is 2.64 bits per heavy atom. The zero-order chi connectivity index (χ0) is 15.6. The third-order valence-electron chi connectivity index (χ3n) is 4.12. The summed E-state index contributed by atoms with van der Waals surface area (Å²) in [5.74, 6) is 1.95. The van der Waals surface area contributed by atoms with Crippen LogP contribution >= 0.6 is 0 Å². The van der Waals surface area contributed by atoms with Crippen LogP contribution in [0.15, 0.2) is 35.3 Å². The van der Waals surface area contributed by atoms with E-state index in [1.165, 1.54) is 18.5 Å². The van der Waals surface area contributed by atoms with Gasteiger partial charge in [0, 0.05) is 38.4 Å². The van der Waals surface area contributed by atoms with E-state index in [0.29, 0.717) is 0 Å². The first-order valence-electron chi connectivity index (χ1n) is 8.61. The number of benzene rings is 1. The lowest BCUT2D eigenvalue weighted by Gasteiger charge is -2.33. The standard InChI is InChI=1S/C18H30N4/c1-3-19-18(22-14-10-16(2)11-15-22)21-13-7-12-20-17-8-5-4-6-9-17/h4-6,8-9,16,20H,3,7,10-15H2,1-2H3,(H,19,21). The van der Waals surface area contributed by atoms with Crippen molar-refractivity contribution >= 4 is 11.6 Å². The van der Waals surface area contributed by atoms with Crippen LogP contribution < -0.4 is 10.6 Å². The largest absolute Gasteiger partial charge is 0.385 e. The van der Waals surface area contributed by atoms with Crippen molar-refractivity contribution in [2.24, 2.45) is 10.9 Å². The summed E-state index contributed by atoms with van der Waals surface area (Å²) in [5.41, 5.74) is 1.18. The van der Waals surface area contributed by atoms with Gasteiger partial charge in [-0.2, -0.15) is 0 Å². The molecule has 4 nitrogen and oxygen atoms in total. The Kier molecular flexibility index (Phi) is 7.07. The minimum atomic E-state index is 0.856. The van der Waals surface area contributed by atoms with E-state index in [9.17, 15) is 0 Å². The summed E-state index contributed by atoms with van der Waals surface area (Å²) in [6, 6.07) is 10.4. The summed E-state index contributed by atoms with van der Waals surface area (Å²) in [5, 5.41) is 6.86. The van der Waals surface area contributed by atoms with E-state index >= 15 is 0 Å². The van der Waals surface area contributed by atoms with Crippen molar-refractivity contribution in [3.63, 3.8) is 0 Å². The number of hydrogen-bond donors (Lipinski definition) is 2. The first-order chi connectivity index (χ1) is 10.8. The number of hydrogen-bond acceptors (Lipinski definition) is 2. The Labute approximate surface area is 135 Å². The monoisotopic (exact) mass is 302 g/mol. The quantitative estimate of drug-likeness (QED) is 0.482. The first-order valence-corrected chi connectivity index (χ1v) is 8.61. The third kappa shape index (κ3) is 5.58. The smallest absolute Gasteiger partial charge is 0.193 e. The van der Waals surface area contributed by atoms with E-state index in [2.05, 4.69) is 53.6 Å². The molecule has 1 fully saturated rings. The van der Waals surface area contributed by atoms with E-state index in [0.717, 1.165) is 51.0 Å². The number of likely N-dealkylation sites (tertiary alicyclic amines) is 1. The molecule has 0 saturated carbocycles. The Morgan fingerprint density at radius 1 is 1.23 bits per heavy atom. The fourth-order valence-corrected chi connectivity index (χ4v) is 2.70. The molecule has 1 aromatic rings. The lowest BCUT2D eigenvalue weighted by Crippen LogP contribution is -2.45. The van der Waals surface area contributed by atoms with E-state index in [1.54, 1.807) is 0 Å². The van der Waals surface area contributed by atoms with Crippen LogP contribution in [-0.2, 0) is 0 Å². The van der Waals surface area contributed by atoms with Gasteiger partial charge in [-0.25, -0.2) is 0 Å². The minimum absolute atomic E-state index is 0.856. The minimum Gasteiger partial charge on any atom is -0.385 e. The first kappa shape index (κ1) is 16.7. The molecular weight excluding hydrogens is 272 g/mol. The van der Waals surface area contributed by atoms with Crippen LogP contribution in [0.2, 0.25) is 0 Å². The Bertz CT molecular complexity index is 436. The van der Waals surface area contributed by atoms with Gasteiger partial charge in [0.05, 0.1) is 0 Å². The van der Waals surface area contributed by atoms with E-state index in [-0.39, 0.29) is 0 Å². The van der Waals surface area contributed by atoms with Crippen LogP contribution in [0.1, 0.15) is 33.1 Å². The second kappa shape index (κ2) is 9.34. The number of piperidine rings is 1. The molecular formula is C18H30N4. The maximum atomic E-state index is 4.78. The van der Waals surface area contributed by atoms with Crippen molar-refractivity contribution in [3.05, 3.63) is 30.3 Å². The molecule has 22 heavy (non-hydrogen) atoms. The Morgan fingerprint density at radius 2 is 1.95 bits per heavy atom. The number of aliphatic imine (C=N–C) groups is 1. The highest BCUT2D eigenvalue weighted by molar-refractivity contribution is 5.80. The molecule has 1 saturated heterocycles. The highest BCUT2D eigenvalue weighted by atomic mass is 15.3. The van der Waals surface area contributed by atoms with Gasteiger partial charge in [-0.05, 0) is 44.2 Å². The fourth-order valence-electron chi connectivity index (χ4n) is 2.70. The Balaban J connectivity index is 1.73. The molecule has 0 aliphatic carbocycles. The van der Waals surface area contributed by atoms with Gasteiger partial charge >= 0.3 is 0 Å². The Hall–Kier alpha value is -1.71. The maximum Gasteiger partial charge on any atom is 0.193 e. The second-order valence-electron chi connectivity index (χ2n) is 6.05. The molecule has 0 bridgehead atoms. The van der Waals surface area contributed by atoms with Crippen molar-refractivity contribution in [3.8, 4) is 0 Å². The molecule has 0 spiro atoms. The van der Waals surface area contributed by atoms with Gasteiger partial charge in [-0.3, -0.25) is 4.99 Å². The van der Waals surface area contributed by atoms with Crippen LogP contribution in [-0.4, -0.2) is 43.6 Å². The average molecular weight is 302 g/mol. The summed E-state index contributed by atoms with van der Waals surface area (Å²) in [6.07, 6.45) is 3.61. The summed E-state index contributed by atoms with van der Waals surface area (Å²) in [7, 11) is 0. The summed E-state index contributed by atoms with van der Waals surface area (Å²) >= 11 is 0. The average Bonchev–Trinajstić information content (AvgIpc) is 2.55. The van der Waals surface area contributed by atoms with Gasteiger partial charge in [0.2, 0.25) is 0 Å². The van der Waals surface area contributed by atoms with Crippen molar-refractivity contribution in [1.82, 2.24) is 10.2 Å². The van der Waals surface area contributed by atoms with Crippen LogP contribution in [0.3, 0.4) is 0 Å². The van der Waals surface area contributed by atoms with Gasteiger partial charge in [0.25, 0.3) is 0 Å². The molecule has 0 radical (unpaired) electrons. The molecule has 0 unspecified atom stereocenters. The normalized spacial score (nSPS) is 16.6. The fraction of sp³-hybridized carbons (Fsp3) is 0.611. The number of nitrogens with one attached hydrogen (secondary N) is 2. The van der Waals surface area contributed by atoms with E-state index < -0.39 is 0 Å². The van der Waals surface area contributed by atoms with Gasteiger partial charge in [-0.1, -0.05) is 25.1 Å². The number of para-hydroxylation sites is 1. The molecule has 0 atom stereocenters. The summed E-state index contributed by atoms with van der Waals surface area (Å²) < 4.78 is 0. The van der Waals surface area contributed by atoms with Crippen molar-refractivity contribution in [2.45, 2.75) is 33.1 Å². The molecule has 1 aliphatic rings. The van der Waals surface area contributed by atoms with Gasteiger partial charge in [-0.15, -0.1) is 0 Å². The maximum absolute atomic E-state index is 4.78. The summed E-state index contributed by atoms with van der Waals surface area (Å²) in [6.45, 7) is 9.52. The van der Waals surface area contributed by atoms with E-state index in [4.69, 9.17) is 4.99 Å². The van der Waals surface area contributed by atoms with Crippen molar-refractivity contribution in [1.29, 1.82) is 0 Å². The zero-order valence-corrected chi connectivity index (χ0v) is 14.0. The van der Waals surface area contributed by atoms with Crippen molar-refractivity contribution in [2.75, 3.05) is 38.0 Å². The van der Waals surface area contributed by atoms with Crippen LogP contribution in [0.4, 0.5) is 5.69 Å². The topological polar surface area (TPSA) is 39.7 Å². The highest BCUT2D eigenvalue weighted by Gasteiger charge is 2.18. The molecule has 1 aromatic carbocycles. The number of guanidine groups is 1. The third-order valence-corrected chi connectivity index (χ3v) is 4.12. The molecule has 0 amide bonds. The summed E-state index contributed by atoms with van der Waals surface area (Å²) in [4.78, 5) is 7.20. The number of nitrogens with zero attached hydrogens (tertiary/aromatic N) is 2. The lowest BCUT2D eigenvalue weighted by molar-refractivity contribution is 0.273. The molecule has 1 heterocycles. The molecule has 0 aromatic heterocycles. The molecule has 2 rings (SSSR count). The molecule has 2 N–H and O–H groups in total. The molecule has 122 valence electrons. The van der Waals surface area contributed by atoms with Crippen LogP contribution in [0, 0.1) is 5.92 Å². The highest BCUT2D eigenvalue weighted by Crippen LogP contribution is 2.15. The number of rotatable bonds is 6. The van der Waals surface area contributed by atoms with Crippen molar-refractivity contribution < 1.29 is 0 Å². The van der Waals surface area contributed by atoms with Gasteiger partial charge in [0.15, 0.2) is 5.96 Å². The van der Waals surface area contributed by atoms with Gasteiger partial charge < -0.3 is 15.5 Å². The molecule has 1 aliphatic heterocycles. The van der Waals surface area contributed by atoms with E-state index in [1.807, 2.05) is 6.07 Å². The lowest BCUT2D eigenvalue weighted by atomic mass is 10.00. The van der Waals surface area contributed by atoms with Crippen LogP contribution in [0.5, 0.6) is 0 Å². The van der Waals surface area contributed by atoms with Gasteiger partial charge in [0.1, 0.15) is 0 Å². The predicted octanol–water partition coefficient (Wildman–Crippen LogP) is 3.19. The SMILES string of the molecule is CCNC(=NCCCNc1ccccc1)N1CCC(C)CC1. The second-order valence-corrected chi connectivity index (χ2v) is 6.05. The molecule has 4 heteroatoms. The zero-order valence-electron chi connectivity index (χ0n) is 14.0. The predicted molar refractivity (Wildman–Crippen MR) is 95.5 cm³/mol. The number of anilines is 1. The van der Waals surface area contributed by atoms with Crippen LogP contribution in [0.25, 0.3) is 0 Å².